The topological polar surface area (TPSA) is 172 Å². The Bertz CT molecular complexity index is 1220. The Hall–Kier alpha value is -2.29. The van der Waals surface area contributed by atoms with Crippen molar-refractivity contribution in [3.63, 3.8) is 0 Å². The van der Waals surface area contributed by atoms with Crippen LogP contribution in [0.4, 0.5) is 11.5 Å². The number of aliphatic hydroxyl groups excluding tert-OH is 4. The highest BCUT2D eigenvalue weighted by molar-refractivity contribution is 9.10. The summed E-state index contributed by atoms with van der Waals surface area (Å²) in [4.78, 5) is 10.6. The number of methoxy groups -OCH3 is 1. The van der Waals surface area contributed by atoms with Crippen molar-refractivity contribution in [2.45, 2.75) is 37.2 Å². The molecular formula is C25H32BrClN4O7. The summed E-state index contributed by atoms with van der Waals surface area (Å²) in [6.07, 6.45) is -0.661. The minimum Gasteiger partial charge on any atom is -0.493 e. The molecule has 13 heteroatoms. The lowest BCUT2D eigenvalue weighted by Gasteiger charge is -2.35. The van der Waals surface area contributed by atoms with E-state index in [1.807, 2.05) is 17.0 Å². The van der Waals surface area contributed by atoms with Crippen molar-refractivity contribution in [3.8, 4) is 11.5 Å². The molecule has 0 radical (unpaired) electrons. The van der Waals surface area contributed by atoms with Crippen LogP contribution in [0.5, 0.6) is 11.5 Å². The molecular weight excluding hydrogens is 584 g/mol. The monoisotopic (exact) mass is 614 g/mol. The van der Waals surface area contributed by atoms with E-state index < -0.39 is 31.0 Å². The van der Waals surface area contributed by atoms with Gasteiger partial charge in [-0.25, -0.2) is 9.97 Å². The normalized spacial score (nSPS) is 16.9. The highest BCUT2D eigenvalue weighted by Gasteiger charge is 2.37. The molecule has 1 aromatic heterocycles. The van der Waals surface area contributed by atoms with Gasteiger partial charge in [0.15, 0.2) is 17.6 Å². The summed E-state index contributed by atoms with van der Waals surface area (Å²) in [5.41, 5.74) is 1.25. The quantitative estimate of drug-likeness (QED) is 0.214. The summed E-state index contributed by atoms with van der Waals surface area (Å²) in [6.45, 7) is 0.547. The Morgan fingerprint density at radius 1 is 1.05 bits per heavy atom. The highest BCUT2D eigenvalue weighted by atomic mass is 79.9. The second kappa shape index (κ2) is 13.7. The molecule has 38 heavy (non-hydrogen) atoms. The number of anilines is 2. The van der Waals surface area contributed by atoms with Crippen LogP contribution in [0.25, 0.3) is 10.9 Å². The van der Waals surface area contributed by atoms with E-state index in [9.17, 15) is 20.4 Å². The third-order valence-corrected chi connectivity index (χ3v) is 7.72. The first-order chi connectivity index (χ1) is 17.9. The summed E-state index contributed by atoms with van der Waals surface area (Å²) in [5, 5.41) is 45.9. The van der Waals surface area contributed by atoms with Crippen LogP contribution in [-0.2, 0) is 0 Å². The Morgan fingerprint density at radius 2 is 1.79 bits per heavy atom. The van der Waals surface area contributed by atoms with Gasteiger partial charge in [-0.05, 0) is 66.1 Å². The van der Waals surface area contributed by atoms with Gasteiger partial charge in [0.2, 0.25) is 0 Å². The van der Waals surface area contributed by atoms with E-state index in [4.69, 9.17) is 21.1 Å². The molecule has 1 aliphatic rings. The van der Waals surface area contributed by atoms with Crippen molar-refractivity contribution in [1.82, 2.24) is 14.9 Å². The molecule has 0 unspecified atom stereocenters. The molecule has 4 rings (SSSR count). The first-order valence-corrected chi connectivity index (χ1v) is 13.1. The molecule has 2 aromatic carbocycles. The fourth-order valence-electron chi connectivity index (χ4n) is 4.46. The summed E-state index contributed by atoms with van der Waals surface area (Å²) >= 11 is 9.58. The average Bonchev–Trinajstić information content (AvgIpc) is 3.43. The minimum absolute atomic E-state index is 0. The van der Waals surface area contributed by atoms with E-state index in [2.05, 4.69) is 31.2 Å². The van der Waals surface area contributed by atoms with Gasteiger partial charge in [-0.3, -0.25) is 4.90 Å². The van der Waals surface area contributed by atoms with Crippen molar-refractivity contribution in [2.24, 2.45) is 0 Å². The van der Waals surface area contributed by atoms with Crippen LogP contribution in [0.3, 0.4) is 0 Å². The zero-order valence-electron chi connectivity index (χ0n) is 20.7. The van der Waals surface area contributed by atoms with Crippen molar-refractivity contribution >= 4 is 49.9 Å². The molecule has 4 atom stereocenters. The molecule has 0 aliphatic carbocycles. The first kappa shape index (κ1) is 30.3. The molecule has 3 aromatic rings. The number of fused-ring (bicyclic) bond motifs is 1. The molecule has 1 saturated heterocycles. The van der Waals surface area contributed by atoms with Gasteiger partial charge in [0.05, 0.1) is 36.9 Å². The third-order valence-electron chi connectivity index (χ3n) is 6.48. The summed E-state index contributed by atoms with van der Waals surface area (Å²) in [7, 11) is 1.47. The Labute approximate surface area is 233 Å². The van der Waals surface area contributed by atoms with Crippen LogP contribution in [0.2, 0.25) is 5.02 Å². The number of likely N-dealkylation sites (tertiary alicyclic amines) is 1. The van der Waals surface area contributed by atoms with E-state index in [0.717, 1.165) is 36.1 Å². The minimum atomic E-state index is -1.46. The molecule has 11 nitrogen and oxygen atoms in total. The Balaban J connectivity index is 0.00000400. The van der Waals surface area contributed by atoms with E-state index in [1.54, 1.807) is 18.2 Å². The number of aromatic nitrogens is 2. The van der Waals surface area contributed by atoms with Gasteiger partial charge in [0.1, 0.15) is 24.4 Å². The summed E-state index contributed by atoms with van der Waals surface area (Å²) in [6, 6.07) is 8.06. The van der Waals surface area contributed by atoms with Crippen LogP contribution in [0.1, 0.15) is 12.8 Å². The van der Waals surface area contributed by atoms with E-state index in [0.29, 0.717) is 27.5 Å². The second-order valence-electron chi connectivity index (χ2n) is 8.81. The van der Waals surface area contributed by atoms with Crippen LogP contribution < -0.4 is 14.8 Å². The van der Waals surface area contributed by atoms with Crippen LogP contribution in [-0.4, -0.2) is 98.5 Å². The van der Waals surface area contributed by atoms with Crippen molar-refractivity contribution in [1.29, 1.82) is 0 Å². The van der Waals surface area contributed by atoms with Crippen molar-refractivity contribution < 1.29 is 35.4 Å². The largest absolute Gasteiger partial charge is 0.493 e. The average molecular weight is 616 g/mol. The lowest BCUT2D eigenvalue weighted by molar-refractivity contribution is -0.100. The Morgan fingerprint density at radius 3 is 2.42 bits per heavy atom. The molecule has 0 saturated carbocycles. The second-order valence-corrected chi connectivity index (χ2v) is 10.1. The van der Waals surface area contributed by atoms with Gasteiger partial charge in [0.25, 0.3) is 0 Å². The lowest BCUT2D eigenvalue weighted by atomic mass is 10.0. The standard InChI is InChI=1S/C25H30BrClN4O6.H2O/c1-36-20-9-15-18(28-13-29-25(15)30-14-4-5-16(26)17(27)8-14)10-21(20)37-22(12-33)24(35)23(34)19(11-32)31-6-2-3-7-31;/h4-5,8-10,13,19,22-24,32-35H,2-3,6-7,11-12H2,1H3,(H,28,29,30);1H2/t19-,22-,23+,24+;/m1./s1. The fraction of sp³-hybridized carbons (Fsp3) is 0.440. The number of aliphatic hydroxyl groups is 4. The van der Waals surface area contributed by atoms with Crippen LogP contribution in [0, 0.1) is 0 Å². The molecule has 1 fully saturated rings. The van der Waals surface area contributed by atoms with Gasteiger partial charge in [-0.15, -0.1) is 0 Å². The maximum atomic E-state index is 10.9. The molecule has 0 amide bonds. The van der Waals surface area contributed by atoms with Crippen molar-refractivity contribution in [2.75, 3.05) is 38.7 Å². The van der Waals surface area contributed by atoms with Gasteiger partial charge in [-0.2, -0.15) is 0 Å². The number of halogens is 2. The number of nitrogens with zero attached hydrogens (tertiary/aromatic N) is 3. The molecule has 0 bridgehead atoms. The van der Waals surface area contributed by atoms with E-state index >= 15 is 0 Å². The maximum Gasteiger partial charge on any atom is 0.164 e. The van der Waals surface area contributed by atoms with Crippen molar-refractivity contribution in [3.05, 3.63) is 46.2 Å². The van der Waals surface area contributed by atoms with Gasteiger partial charge < -0.3 is 40.7 Å². The fourth-order valence-corrected chi connectivity index (χ4v) is 4.89. The van der Waals surface area contributed by atoms with E-state index in [-0.39, 0.29) is 17.8 Å². The lowest BCUT2D eigenvalue weighted by Crippen LogP contribution is -2.54. The number of ether oxygens (including phenoxy) is 2. The van der Waals surface area contributed by atoms with Gasteiger partial charge in [-0.1, -0.05) is 11.6 Å². The first-order valence-electron chi connectivity index (χ1n) is 11.9. The third kappa shape index (κ3) is 6.64. The zero-order valence-corrected chi connectivity index (χ0v) is 23.1. The Kier molecular flexibility index (Phi) is 10.9. The molecule has 1 aliphatic heterocycles. The number of hydrogen-bond donors (Lipinski definition) is 5. The van der Waals surface area contributed by atoms with Gasteiger partial charge >= 0.3 is 0 Å². The molecule has 0 spiro atoms. The number of rotatable bonds is 11. The predicted octanol–water partition coefficient (Wildman–Crippen LogP) is 1.89. The summed E-state index contributed by atoms with van der Waals surface area (Å²) < 4.78 is 12.2. The number of hydrogen-bond acceptors (Lipinski definition) is 10. The number of nitrogens with one attached hydrogen (secondary N) is 1. The highest BCUT2D eigenvalue weighted by Crippen LogP contribution is 2.36. The number of benzene rings is 2. The molecule has 208 valence electrons. The van der Waals surface area contributed by atoms with Crippen LogP contribution >= 0.6 is 27.5 Å². The predicted molar refractivity (Wildman–Crippen MR) is 147 cm³/mol. The van der Waals surface area contributed by atoms with Gasteiger partial charge in [0, 0.05) is 21.6 Å². The molecule has 2 heterocycles. The van der Waals surface area contributed by atoms with E-state index in [1.165, 1.54) is 13.4 Å². The smallest absolute Gasteiger partial charge is 0.164 e. The zero-order chi connectivity index (χ0) is 26.5. The van der Waals surface area contributed by atoms with Crippen LogP contribution in [0.15, 0.2) is 41.1 Å². The molecule has 7 N–H and O–H groups in total. The summed E-state index contributed by atoms with van der Waals surface area (Å²) in [5.74, 6) is 1.05. The maximum absolute atomic E-state index is 10.9. The SMILES string of the molecule is COc1cc2c(Nc3ccc(Br)c(Cl)c3)ncnc2cc1O[C@H](CO)[C@H](O)[C@@H](O)[C@@H](CO)N1CCCC1.O.